The molecule has 30 heavy (non-hydrogen) atoms. The molecule has 7 heteroatoms. The number of likely N-dealkylation sites (tertiary alicyclic amines) is 1. The Kier molecular flexibility index (Phi) is 5.63. The highest BCUT2D eigenvalue weighted by Crippen LogP contribution is 2.40. The van der Waals surface area contributed by atoms with Crippen molar-refractivity contribution in [2.45, 2.75) is 38.8 Å². The second-order valence-corrected chi connectivity index (χ2v) is 7.50. The van der Waals surface area contributed by atoms with E-state index in [0.29, 0.717) is 36.0 Å². The van der Waals surface area contributed by atoms with Crippen molar-refractivity contribution in [2.24, 2.45) is 0 Å². The summed E-state index contributed by atoms with van der Waals surface area (Å²) in [6, 6.07) is 9.53. The SMILES string of the molecule is CCOc1cccc(/C(O)=C2/C(=O)C(=O)N(CC3CCCO3)C2c2ccc(C)o2)c1. The molecule has 0 aliphatic carbocycles. The van der Waals surface area contributed by atoms with Crippen molar-refractivity contribution in [3.05, 3.63) is 59.1 Å². The number of nitrogens with zero attached hydrogens (tertiary/aromatic N) is 1. The van der Waals surface area contributed by atoms with Crippen LogP contribution in [0.5, 0.6) is 5.75 Å². The number of carbonyl (C=O) groups is 2. The van der Waals surface area contributed by atoms with Gasteiger partial charge in [0.25, 0.3) is 11.7 Å². The quantitative estimate of drug-likeness (QED) is 0.444. The Labute approximate surface area is 174 Å². The number of ether oxygens (including phenoxy) is 2. The summed E-state index contributed by atoms with van der Waals surface area (Å²) in [6.45, 7) is 5.04. The van der Waals surface area contributed by atoms with Crippen LogP contribution in [-0.2, 0) is 14.3 Å². The molecule has 1 aromatic carbocycles. The van der Waals surface area contributed by atoms with E-state index in [2.05, 4.69) is 0 Å². The van der Waals surface area contributed by atoms with Gasteiger partial charge in [-0.2, -0.15) is 0 Å². The third-order valence-corrected chi connectivity index (χ3v) is 5.41. The molecule has 158 valence electrons. The van der Waals surface area contributed by atoms with Gasteiger partial charge in [-0.3, -0.25) is 9.59 Å². The number of amides is 1. The average Bonchev–Trinajstić information content (AvgIpc) is 3.45. The summed E-state index contributed by atoms with van der Waals surface area (Å²) in [4.78, 5) is 27.3. The number of ketones is 1. The van der Waals surface area contributed by atoms with E-state index >= 15 is 0 Å². The van der Waals surface area contributed by atoms with Gasteiger partial charge in [0.05, 0.1) is 18.3 Å². The normalized spacial score (nSPS) is 23.3. The van der Waals surface area contributed by atoms with E-state index in [1.54, 1.807) is 43.3 Å². The Morgan fingerprint density at radius 3 is 2.77 bits per heavy atom. The van der Waals surface area contributed by atoms with Gasteiger partial charge >= 0.3 is 0 Å². The summed E-state index contributed by atoms with van der Waals surface area (Å²) in [5.41, 5.74) is 0.422. The molecule has 1 N–H and O–H groups in total. The lowest BCUT2D eigenvalue weighted by molar-refractivity contribution is -0.141. The van der Waals surface area contributed by atoms with Crippen molar-refractivity contribution in [1.82, 2.24) is 4.90 Å². The van der Waals surface area contributed by atoms with Crippen LogP contribution < -0.4 is 4.74 Å². The van der Waals surface area contributed by atoms with Gasteiger partial charge in [0, 0.05) is 18.7 Å². The van der Waals surface area contributed by atoms with Crippen LogP contribution in [0.3, 0.4) is 0 Å². The van der Waals surface area contributed by atoms with Crippen LogP contribution in [0.2, 0.25) is 0 Å². The van der Waals surface area contributed by atoms with Crippen LogP contribution in [0, 0.1) is 6.92 Å². The molecule has 7 nitrogen and oxygen atoms in total. The second-order valence-electron chi connectivity index (χ2n) is 7.50. The molecular formula is C23H25NO6. The van der Waals surface area contributed by atoms with Crippen LogP contribution in [0.1, 0.15) is 42.9 Å². The molecule has 2 saturated heterocycles. The molecule has 2 aliphatic rings. The number of hydrogen-bond acceptors (Lipinski definition) is 6. The molecule has 4 rings (SSSR count). The predicted octanol–water partition coefficient (Wildman–Crippen LogP) is 3.59. The van der Waals surface area contributed by atoms with E-state index in [0.717, 1.165) is 12.8 Å². The van der Waals surface area contributed by atoms with Crippen molar-refractivity contribution >= 4 is 17.4 Å². The van der Waals surface area contributed by atoms with Crippen LogP contribution in [0.15, 0.2) is 46.4 Å². The number of hydrogen-bond donors (Lipinski definition) is 1. The summed E-state index contributed by atoms with van der Waals surface area (Å²) < 4.78 is 17.0. The molecule has 0 radical (unpaired) electrons. The first-order valence-corrected chi connectivity index (χ1v) is 10.2. The smallest absolute Gasteiger partial charge is 0.295 e. The lowest BCUT2D eigenvalue weighted by atomic mass is 9.99. The predicted molar refractivity (Wildman–Crippen MR) is 109 cm³/mol. The number of aryl methyl sites for hydroxylation is 1. The first kappa shape index (κ1) is 20.2. The average molecular weight is 411 g/mol. The van der Waals surface area contributed by atoms with Crippen molar-refractivity contribution in [1.29, 1.82) is 0 Å². The monoisotopic (exact) mass is 411 g/mol. The van der Waals surface area contributed by atoms with E-state index in [4.69, 9.17) is 13.9 Å². The number of aliphatic hydroxyl groups is 1. The summed E-state index contributed by atoms with van der Waals surface area (Å²) in [6.07, 6.45) is 1.61. The van der Waals surface area contributed by atoms with Gasteiger partial charge in [-0.15, -0.1) is 0 Å². The van der Waals surface area contributed by atoms with Gasteiger partial charge in [0.2, 0.25) is 0 Å². The molecular weight excluding hydrogens is 386 g/mol. The molecule has 3 heterocycles. The highest BCUT2D eigenvalue weighted by Gasteiger charge is 2.48. The van der Waals surface area contributed by atoms with E-state index in [1.807, 2.05) is 6.92 Å². The molecule has 0 saturated carbocycles. The fourth-order valence-corrected chi connectivity index (χ4v) is 4.03. The topological polar surface area (TPSA) is 89.2 Å². The highest BCUT2D eigenvalue weighted by atomic mass is 16.5. The molecule has 0 bridgehead atoms. The van der Waals surface area contributed by atoms with Crippen LogP contribution >= 0.6 is 0 Å². The maximum atomic E-state index is 13.0. The number of furan rings is 1. The zero-order valence-electron chi connectivity index (χ0n) is 17.1. The van der Waals surface area contributed by atoms with Crippen molar-refractivity contribution in [3.63, 3.8) is 0 Å². The molecule has 2 unspecified atom stereocenters. The largest absolute Gasteiger partial charge is 0.507 e. The lowest BCUT2D eigenvalue weighted by Gasteiger charge is -2.25. The molecule has 2 aromatic rings. The summed E-state index contributed by atoms with van der Waals surface area (Å²) in [5.74, 6) is 0.0287. The third kappa shape index (κ3) is 3.73. The first-order chi connectivity index (χ1) is 14.5. The minimum Gasteiger partial charge on any atom is -0.507 e. The van der Waals surface area contributed by atoms with Gasteiger partial charge in [0.15, 0.2) is 0 Å². The number of carbonyl (C=O) groups excluding carboxylic acids is 2. The number of benzene rings is 1. The Morgan fingerprint density at radius 1 is 1.27 bits per heavy atom. The lowest BCUT2D eigenvalue weighted by Crippen LogP contribution is -2.36. The van der Waals surface area contributed by atoms with Gasteiger partial charge < -0.3 is 23.9 Å². The molecule has 1 amide bonds. The fraction of sp³-hybridized carbons (Fsp3) is 0.391. The van der Waals surface area contributed by atoms with E-state index in [-0.39, 0.29) is 24.0 Å². The Bertz CT molecular complexity index is 985. The standard InChI is InChI=1S/C23H25NO6/c1-3-28-16-7-4-6-15(12-16)21(25)19-20(18-10-9-14(2)30-18)24(23(27)22(19)26)13-17-8-5-11-29-17/h4,6-7,9-10,12,17,20,25H,3,5,8,11,13H2,1-2H3/b21-19-. The zero-order valence-corrected chi connectivity index (χ0v) is 17.1. The van der Waals surface area contributed by atoms with Gasteiger partial charge in [-0.1, -0.05) is 12.1 Å². The Balaban J connectivity index is 1.79. The summed E-state index contributed by atoms with van der Waals surface area (Å²) >= 11 is 0. The second kappa shape index (κ2) is 8.36. The van der Waals surface area contributed by atoms with Crippen LogP contribution in [0.4, 0.5) is 0 Å². The number of rotatable bonds is 6. The third-order valence-electron chi connectivity index (χ3n) is 5.41. The van der Waals surface area contributed by atoms with Crippen molar-refractivity contribution in [3.8, 4) is 5.75 Å². The van der Waals surface area contributed by atoms with Gasteiger partial charge in [-0.25, -0.2) is 0 Å². The Hall–Kier alpha value is -3.06. The van der Waals surface area contributed by atoms with Crippen LogP contribution in [0.25, 0.3) is 5.76 Å². The van der Waals surface area contributed by atoms with Gasteiger partial charge in [-0.05, 0) is 51.0 Å². The number of aliphatic hydroxyl groups excluding tert-OH is 1. The fourth-order valence-electron chi connectivity index (χ4n) is 4.03. The van der Waals surface area contributed by atoms with E-state index < -0.39 is 17.7 Å². The zero-order chi connectivity index (χ0) is 21.3. The number of Topliss-reactive ketones (excluding diaryl/α,β-unsaturated/α-hetero) is 1. The maximum Gasteiger partial charge on any atom is 0.295 e. The molecule has 2 fully saturated rings. The maximum absolute atomic E-state index is 13.0. The molecule has 2 aliphatic heterocycles. The molecule has 2 atom stereocenters. The molecule has 0 spiro atoms. The highest BCUT2D eigenvalue weighted by molar-refractivity contribution is 6.46. The first-order valence-electron chi connectivity index (χ1n) is 10.2. The summed E-state index contributed by atoms with van der Waals surface area (Å²) in [5, 5.41) is 11.1. The minimum absolute atomic E-state index is 0.0148. The van der Waals surface area contributed by atoms with Crippen molar-refractivity contribution in [2.75, 3.05) is 19.8 Å². The van der Waals surface area contributed by atoms with E-state index in [9.17, 15) is 14.7 Å². The minimum atomic E-state index is -0.807. The van der Waals surface area contributed by atoms with Crippen molar-refractivity contribution < 1.29 is 28.6 Å². The summed E-state index contributed by atoms with van der Waals surface area (Å²) in [7, 11) is 0. The Morgan fingerprint density at radius 2 is 2.10 bits per heavy atom. The van der Waals surface area contributed by atoms with E-state index in [1.165, 1.54) is 4.90 Å². The molecule has 1 aromatic heterocycles. The van der Waals surface area contributed by atoms with Crippen LogP contribution in [-0.4, -0.2) is 47.6 Å². The van der Waals surface area contributed by atoms with Gasteiger partial charge in [0.1, 0.15) is 29.1 Å².